The topological polar surface area (TPSA) is 119 Å². The van der Waals surface area contributed by atoms with Crippen LogP contribution in [0.1, 0.15) is 40.6 Å². The van der Waals surface area contributed by atoms with E-state index in [2.05, 4.69) is 25.7 Å². The van der Waals surface area contributed by atoms with Crippen LogP contribution >= 0.6 is 11.8 Å². The van der Waals surface area contributed by atoms with E-state index < -0.39 is 0 Å². The van der Waals surface area contributed by atoms with Gasteiger partial charge >= 0.3 is 0 Å². The summed E-state index contributed by atoms with van der Waals surface area (Å²) in [5.41, 5.74) is 1.54. The fourth-order valence-electron chi connectivity index (χ4n) is 2.72. The first kappa shape index (κ1) is 20.7. The average Bonchev–Trinajstić information content (AvgIpc) is 3.44. The van der Waals surface area contributed by atoms with E-state index in [1.54, 1.807) is 42.6 Å². The molecule has 31 heavy (non-hydrogen) atoms. The second-order valence-electron chi connectivity index (χ2n) is 7.08. The first-order chi connectivity index (χ1) is 15.0. The standard InChI is InChI=1S/C21H20N6O3S/c1-13(28)14-2-4-15(5-3-14)24-19(29)11-31-20-10-18(22-12-23-20)27-9-8-17(26-27)21(30)25-16-6-7-16/h2-5,8-10,12,16H,6-7,11H2,1H3,(H,24,29)(H,25,30). The second-order valence-corrected chi connectivity index (χ2v) is 8.07. The van der Waals surface area contributed by atoms with E-state index in [0.717, 1.165) is 12.8 Å². The molecule has 9 nitrogen and oxygen atoms in total. The smallest absolute Gasteiger partial charge is 0.272 e. The highest BCUT2D eigenvalue weighted by Crippen LogP contribution is 2.20. The molecular formula is C21H20N6O3S. The van der Waals surface area contributed by atoms with Crippen molar-refractivity contribution in [2.24, 2.45) is 0 Å². The van der Waals surface area contributed by atoms with Crippen LogP contribution in [0.15, 0.2) is 53.9 Å². The van der Waals surface area contributed by atoms with E-state index in [-0.39, 0.29) is 29.4 Å². The van der Waals surface area contributed by atoms with E-state index in [1.807, 2.05) is 0 Å². The van der Waals surface area contributed by atoms with Crippen LogP contribution in [0.5, 0.6) is 0 Å². The third-order valence-electron chi connectivity index (χ3n) is 4.52. The summed E-state index contributed by atoms with van der Waals surface area (Å²) in [5.74, 6) is 0.236. The molecule has 2 amide bonds. The van der Waals surface area contributed by atoms with Crippen molar-refractivity contribution in [1.29, 1.82) is 0 Å². The van der Waals surface area contributed by atoms with Crippen molar-refractivity contribution in [3.8, 4) is 5.82 Å². The van der Waals surface area contributed by atoms with Crippen LogP contribution in [0.2, 0.25) is 0 Å². The number of anilines is 1. The van der Waals surface area contributed by atoms with Gasteiger partial charge in [0.2, 0.25) is 5.91 Å². The van der Waals surface area contributed by atoms with Gasteiger partial charge < -0.3 is 10.6 Å². The van der Waals surface area contributed by atoms with Crippen molar-refractivity contribution < 1.29 is 14.4 Å². The maximum atomic E-state index is 12.2. The Bertz CT molecular complexity index is 1120. The molecule has 4 rings (SSSR count). The minimum Gasteiger partial charge on any atom is -0.348 e. The zero-order chi connectivity index (χ0) is 21.8. The summed E-state index contributed by atoms with van der Waals surface area (Å²) in [4.78, 5) is 44.0. The number of thioether (sulfide) groups is 1. The highest BCUT2D eigenvalue weighted by Gasteiger charge is 2.24. The predicted molar refractivity (Wildman–Crippen MR) is 115 cm³/mol. The molecule has 1 aliphatic carbocycles. The molecule has 0 bridgehead atoms. The number of rotatable bonds is 8. The van der Waals surface area contributed by atoms with E-state index in [1.165, 1.54) is 29.7 Å². The minimum absolute atomic E-state index is 0.0270. The molecule has 1 saturated carbocycles. The van der Waals surface area contributed by atoms with Crippen LogP contribution in [0, 0.1) is 0 Å². The molecule has 2 heterocycles. The number of Topliss-reactive ketones (excluding diaryl/α,β-unsaturated/α-hetero) is 1. The van der Waals surface area contributed by atoms with Gasteiger partial charge in [0, 0.05) is 29.6 Å². The monoisotopic (exact) mass is 436 g/mol. The molecule has 1 aliphatic rings. The Hall–Kier alpha value is -3.53. The van der Waals surface area contributed by atoms with Gasteiger partial charge in [-0.1, -0.05) is 11.8 Å². The van der Waals surface area contributed by atoms with Crippen LogP contribution < -0.4 is 10.6 Å². The highest BCUT2D eigenvalue weighted by molar-refractivity contribution is 7.99. The lowest BCUT2D eigenvalue weighted by Gasteiger charge is -2.06. The number of nitrogens with one attached hydrogen (secondary N) is 2. The third kappa shape index (κ3) is 5.54. The molecule has 1 aromatic carbocycles. The van der Waals surface area contributed by atoms with Gasteiger partial charge in [0.1, 0.15) is 11.4 Å². The van der Waals surface area contributed by atoms with Crippen LogP contribution in [-0.2, 0) is 4.79 Å². The zero-order valence-corrected chi connectivity index (χ0v) is 17.6. The Balaban J connectivity index is 1.34. The number of nitrogens with zero attached hydrogens (tertiary/aromatic N) is 4. The highest BCUT2D eigenvalue weighted by atomic mass is 32.2. The number of amides is 2. The fourth-order valence-corrected chi connectivity index (χ4v) is 3.38. The lowest BCUT2D eigenvalue weighted by atomic mass is 10.1. The number of aromatic nitrogens is 4. The first-order valence-electron chi connectivity index (χ1n) is 9.70. The molecule has 2 N–H and O–H groups in total. The Morgan fingerprint density at radius 2 is 1.90 bits per heavy atom. The summed E-state index contributed by atoms with van der Waals surface area (Å²) in [6, 6.07) is 10.3. The molecule has 2 aromatic heterocycles. The molecule has 0 aliphatic heterocycles. The molecule has 10 heteroatoms. The van der Waals surface area contributed by atoms with E-state index >= 15 is 0 Å². The van der Waals surface area contributed by atoms with Crippen molar-refractivity contribution in [2.75, 3.05) is 11.1 Å². The summed E-state index contributed by atoms with van der Waals surface area (Å²) < 4.78 is 1.50. The lowest BCUT2D eigenvalue weighted by molar-refractivity contribution is -0.113. The van der Waals surface area contributed by atoms with Crippen molar-refractivity contribution in [3.63, 3.8) is 0 Å². The van der Waals surface area contributed by atoms with Crippen molar-refractivity contribution in [1.82, 2.24) is 25.1 Å². The van der Waals surface area contributed by atoms with Crippen molar-refractivity contribution >= 4 is 35.0 Å². The Kier molecular flexibility index (Phi) is 6.08. The number of ketones is 1. The van der Waals surface area contributed by atoms with Gasteiger partial charge in [-0.25, -0.2) is 14.6 Å². The average molecular weight is 436 g/mol. The van der Waals surface area contributed by atoms with Gasteiger partial charge in [-0.05, 0) is 50.1 Å². The first-order valence-corrected chi connectivity index (χ1v) is 10.7. The Morgan fingerprint density at radius 3 is 2.61 bits per heavy atom. The Morgan fingerprint density at radius 1 is 1.13 bits per heavy atom. The zero-order valence-electron chi connectivity index (χ0n) is 16.7. The molecule has 0 unspecified atom stereocenters. The van der Waals surface area contributed by atoms with E-state index in [4.69, 9.17) is 0 Å². The lowest BCUT2D eigenvalue weighted by Crippen LogP contribution is -2.25. The molecule has 0 spiro atoms. The number of hydrogen-bond acceptors (Lipinski definition) is 7. The van der Waals surface area contributed by atoms with Gasteiger partial charge in [-0.3, -0.25) is 14.4 Å². The molecule has 1 fully saturated rings. The largest absolute Gasteiger partial charge is 0.348 e. The summed E-state index contributed by atoms with van der Waals surface area (Å²) in [6.45, 7) is 1.49. The molecule has 3 aromatic rings. The summed E-state index contributed by atoms with van der Waals surface area (Å²) >= 11 is 1.26. The summed E-state index contributed by atoms with van der Waals surface area (Å²) in [5, 5.41) is 10.6. The van der Waals surface area contributed by atoms with E-state index in [0.29, 0.717) is 27.8 Å². The maximum absolute atomic E-state index is 12.2. The van der Waals surface area contributed by atoms with Crippen LogP contribution in [-0.4, -0.2) is 49.1 Å². The SMILES string of the molecule is CC(=O)c1ccc(NC(=O)CSc2cc(-n3ccc(C(=O)NC4CC4)n3)ncn2)cc1. The predicted octanol–water partition coefficient (Wildman–Crippen LogP) is 2.49. The number of hydrogen-bond donors (Lipinski definition) is 2. The van der Waals surface area contributed by atoms with Crippen LogP contribution in [0.3, 0.4) is 0 Å². The van der Waals surface area contributed by atoms with Gasteiger partial charge in [0.05, 0.1) is 5.75 Å². The fraction of sp³-hybridized carbons (Fsp3) is 0.238. The van der Waals surface area contributed by atoms with Crippen LogP contribution in [0.4, 0.5) is 5.69 Å². The maximum Gasteiger partial charge on any atom is 0.272 e. The van der Waals surface area contributed by atoms with Gasteiger partial charge in [-0.15, -0.1) is 0 Å². The normalized spacial score (nSPS) is 12.9. The second kappa shape index (κ2) is 9.09. The van der Waals surface area contributed by atoms with Crippen LogP contribution in [0.25, 0.3) is 5.82 Å². The van der Waals surface area contributed by atoms with Crippen molar-refractivity contribution in [2.45, 2.75) is 30.8 Å². The van der Waals surface area contributed by atoms with Crippen molar-refractivity contribution in [3.05, 3.63) is 60.2 Å². The third-order valence-corrected chi connectivity index (χ3v) is 5.45. The Labute approximate surface area is 182 Å². The number of carbonyl (C=O) groups excluding carboxylic acids is 3. The number of carbonyl (C=O) groups is 3. The molecule has 0 radical (unpaired) electrons. The summed E-state index contributed by atoms with van der Waals surface area (Å²) in [6.07, 6.45) is 5.07. The quantitative estimate of drug-likeness (QED) is 0.316. The molecular weight excluding hydrogens is 416 g/mol. The summed E-state index contributed by atoms with van der Waals surface area (Å²) in [7, 11) is 0. The van der Waals surface area contributed by atoms with E-state index in [9.17, 15) is 14.4 Å². The van der Waals surface area contributed by atoms with Gasteiger partial charge in [0.15, 0.2) is 17.3 Å². The molecule has 0 saturated heterocycles. The van der Waals surface area contributed by atoms with Gasteiger partial charge in [-0.2, -0.15) is 5.10 Å². The minimum atomic E-state index is -0.196. The molecule has 158 valence electrons. The van der Waals surface area contributed by atoms with Gasteiger partial charge in [0.25, 0.3) is 5.91 Å². The molecule has 0 atom stereocenters. The number of benzene rings is 1.